The number of likely N-dealkylation sites (N-methyl/N-ethyl adjacent to an activating group) is 1. The second-order valence-corrected chi connectivity index (χ2v) is 7.06. The molecule has 0 fully saturated rings. The lowest BCUT2D eigenvalue weighted by Gasteiger charge is -2.13. The molecule has 0 N–H and O–H groups in total. The van der Waals surface area contributed by atoms with Gasteiger partial charge in [-0.2, -0.15) is 4.98 Å². The minimum atomic E-state index is 0.587. The van der Waals surface area contributed by atoms with Crippen LogP contribution in [0.2, 0.25) is 0 Å². The van der Waals surface area contributed by atoms with Gasteiger partial charge in [-0.1, -0.05) is 53.7 Å². The molecule has 2 aromatic carbocycles. The molecule has 0 radical (unpaired) electrons. The minimum absolute atomic E-state index is 0.587. The fourth-order valence-electron chi connectivity index (χ4n) is 3.15. The lowest BCUT2D eigenvalue weighted by atomic mass is 10.1. The van der Waals surface area contributed by atoms with Crippen LogP contribution in [-0.2, 0) is 13.0 Å². The Morgan fingerprint density at radius 3 is 2.59 bits per heavy atom. The van der Waals surface area contributed by atoms with Gasteiger partial charge in [0.15, 0.2) is 0 Å². The third-order valence-electron chi connectivity index (χ3n) is 4.69. The molecule has 0 saturated heterocycles. The van der Waals surface area contributed by atoms with Crippen molar-refractivity contribution in [3.8, 4) is 22.6 Å². The highest BCUT2D eigenvalue weighted by molar-refractivity contribution is 5.67. The maximum Gasteiger partial charge on any atom is 0.241 e. The number of nitrogens with zero attached hydrogens (tertiary/aromatic N) is 5. The summed E-state index contributed by atoms with van der Waals surface area (Å²) in [6.45, 7) is 3.42. The van der Waals surface area contributed by atoms with E-state index in [2.05, 4.69) is 56.3 Å². The predicted octanol–water partition coefficient (Wildman–Crippen LogP) is 4.18. The zero-order valence-electron chi connectivity index (χ0n) is 16.6. The first-order chi connectivity index (χ1) is 14.2. The number of aryl methyl sites for hydroxylation is 1. The van der Waals surface area contributed by atoms with Crippen LogP contribution in [0, 0.1) is 6.92 Å². The molecule has 6 nitrogen and oxygen atoms in total. The normalized spacial score (nSPS) is 11.1. The Labute approximate surface area is 170 Å². The lowest BCUT2D eigenvalue weighted by Crippen LogP contribution is -2.20. The van der Waals surface area contributed by atoms with Crippen LogP contribution in [0.4, 0.5) is 0 Å². The summed E-state index contributed by atoms with van der Waals surface area (Å²) in [5, 5.41) is 4.16. The Morgan fingerprint density at radius 1 is 0.931 bits per heavy atom. The minimum Gasteiger partial charge on any atom is -0.338 e. The van der Waals surface area contributed by atoms with Gasteiger partial charge < -0.3 is 4.52 Å². The van der Waals surface area contributed by atoms with Gasteiger partial charge in [0.2, 0.25) is 11.7 Å². The molecule has 0 amide bonds. The van der Waals surface area contributed by atoms with Crippen molar-refractivity contribution in [2.75, 3.05) is 13.6 Å². The van der Waals surface area contributed by atoms with Gasteiger partial charge in [-0.25, -0.2) is 9.97 Å². The highest BCUT2D eigenvalue weighted by Crippen LogP contribution is 2.23. The first-order valence-corrected chi connectivity index (χ1v) is 9.63. The van der Waals surface area contributed by atoms with E-state index in [4.69, 9.17) is 4.52 Å². The van der Waals surface area contributed by atoms with E-state index in [1.54, 1.807) is 6.20 Å². The monoisotopic (exact) mass is 385 g/mol. The molecule has 0 aliphatic rings. The van der Waals surface area contributed by atoms with Crippen molar-refractivity contribution in [2.24, 2.45) is 0 Å². The maximum atomic E-state index is 5.48. The predicted molar refractivity (Wildman–Crippen MR) is 112 cm³/mol. The van der Waals surface area contributed by atoms with Crippen molar-refractivity contribution in [1.29, 1.82) is 0 Å². The summed E-state index contributed by atoms with van der Waals surface area (Å²) in [6, 6.07) is 20.3. The van der Waals surface area contributed by atoms with Gasteiger partial charge >= 0.3 is 0 Å². The molecule has 29 heavy (non-hydrogen) atoms. The maximum absolute atomic E-state index is 5.48. The van der Waals surface area contributed by atoms with Gasteiger partial charge in [0.1, 0.15) is 5.82 Å². The van der Waals surface area contributed by atoms with E-state index < -0.39 is 0 Å². The van der Waals surface area contributed by atoms with Crippen LogP contribution in [0.3, 0.4) is 0 Å². The van der Waals surface area contributed by atoms with Gasteiger partial charge in [-0.05, 0) is 38.1 Å². The molecular formula is C23H23N5O. The first kappa shape index (κ1) is 19.0. The van der Waals surface area contributed by atoms with Crippen LogP contribution in [0.1, 0.15) is 17.3 Å². The SMILES string of the molecule is Cc1nccc(-c2cccc(-c3noc(CN(C)CCc4ccccc4)n3)c2)n1. The van der Waals surface area contributed by atoms with Gasteiger partial charge in [-0.3, -0.25) is 4.90 Å². The molecule has 0 unspecified atom stereocenters. The zero-order valence-corrected chi connectivity index (χ0v) is 16.6. The molecule has 4 aromatic rings. The summed E-state index contributed by atoms with van der Waals surface area (Å²) >= 11 is 0. The van der Waals surface area contributed by atoms with Crippen molar-refractivity contribution in [2.45, 2.75) is 19.9 Å². The van der Waals surface area contributed by atoms with Crippen molar-refractivity contribution >= 4 is 0 Å². The largest absolute Gasteiger partial charge is 0.338 e. The third-order valence-corrected chi connectivity index (χ3v) is 4.69. The van der Waals surface area contributed by atoms with Gasteiger partial charge in [0.25, 0.3) is 0 Å². The molecule has 0 saturated carbocycles. The summed E-state index contributed by atoms with van der Waals surface area (Å²) in [5.41, 5.74) is 4.10. The van der Waals surface area contributed by atoms with Crippen LogP contribution >= 0.6 is 0 Å². The van der Waals surface area contributed by atoms with Gasteiger partial charge in [0, 0.05) is 23.9 Å². The average Bonchev–Trinajstić information content (AvgIpc) is 3.22. The summed E-state index contributed by atoms with van der Waals surface area (Å²) in [7, 11) is 2.06. The second-order valence-electron chi connectivity index (χ2n) is 7.06. The lowest BCUT2D eigenvalue weighted by molar-refractivity contribution is 0.269. The molecule has 0 atom stereocenters. The van der Waals surface area contributed by atoms with E-state index in [-0.39, 0.29) is 0 Å². The van der Waals surface area contributed by atoms with Crippen molar-refractivity contribution in [3.05, 3.63) is 84.1 Å². The Balaban J connectivity index is 1.43. The molecule has 6 heteroatoms. The summed E-state index contributed by atoms with van der Waals surface area (Å²) < 4.78 is 5.48. The number of aromatic nitrogens is 4. The van der Waals surface area contributed by atoms with Crippen LogP contribution in [0.25, 0.3) is 22.6 Å². The molecule has 0 aliphatic heterocycles. The van der Waals surface area contributed by atoms with Crippen LogP contribution in [0.15, 0.2) is 71.4 Å². The first-order valence-electron chi connectivity index (χ1n) is 9.63. The Bertz CT molecular complexity index is 1080. The Morgan fingerprint density at radius 2 is 1.76 bits per heavy atom. The number of hydrogen-bond acceptors (Lipinski definition) is 6. The van der Waals surface area contributed by atoms with Crippen LogP contribution < -0.4 is 0 Å². The second kappa shape index (κ2) is 8.75. The van der Waals surface area contributed by atoms with E-state index >= 15 is 0 Å². The molecule has 146 valence electrons. The Hall–Kier alpha value is -3.38. The summed E-state index contributed by atoms with van der Waals surface area (Å²) in [6.07, 6.45) is 2.75. The van der Waals surface area contributed by atoms with Crippen LogP contribution in [-0.4, -0.2) is 38.6 Å². The number of rotatable bonds is 7. The molecular weight excluding hydrogens is 362 g/mol. The standard InChI is InChI=1S/C23H23N5O/c1-17-24-13-11-21(25-17)19-9-6-10-20(15-19)23-26-22(29-27-23)16-28(2)14-12-18-7-4-3-5-8-18/h3-11,13,15H,12,14,16H2,1-2H3. The zero-order chi connectivity index (χ0) is 20.1. The molecule has 4 rings (SSSR count). The van der Waals surface area contributed by atoms with Crippen molar-refractivity contribution < 1.29 is 4.52 Å². The van der Waals surface area contributed by atoms with E-state index in [1.807, 2.05) is 43.3 Å². The fraction of sp³-hybridized carbons (Fsp3) is 0.217. The summed E-state index contributed by atoms with van der Waals surface area (Å²) in [4.78, 5) is 15.4. The fourth-order valence-corrected chi connectivity index (χ4v) is 3.15. The highest BCUT2D eigenvalue weighted by atomic mass is 16.5. The molecule has 2 heterocycles. The highest BCUT2D eigenvalue weighted by Gasteiger charge is 2.12. The third kappa shape index (κ3) is 4.92. The number of hydrogen-bond donors (Lipinski definition) is 0. The molecule has 2 aromatic heterocycles. The molecule has 0 spiro atoms. The smallest absolute Gasteiger partial charge is 0.241 e. The van der Waals surface area contributed by atoms with Gasteiger partial charge in [-0.15, -0.1) is 0 Å². The van der Waals surface area contributed by atoms with E-state index in [9.17, 15) is 0 Å². The Kier molecular flexibility index (Phi) is 5.72. The van der Waals surface area contributed by atoms with Crippen molar-refractivity contribution in [1.82, 2.24) is 25.0 Å². The van der Waals surface area contributed by atoms with E-state index in [0.717, 1.165) is 35.6 Å². The topological polar surface area (TPSA) is 67.9 Å². The van der Waals surface area contributed by atoms with Crippen molar-refractivity contribution in [3.63, 3.8) is 0 Å². The van der Waals surface area contributed by atoms with E-state index in [0.29, 0.717) is 18.3 Å². The number of benzene rings is 2. The average molecular weight is 385 g/mol. The molecule has 0 bridgehead atoms. The van der Waals surface area contributed by atoms with Crippen LogP contribution in [0.5, 0.6) is 0 Å². The van der Waals surface area contributed by atoms with E-state index in [1.165, 1.54) is 5.56 Å². The van der Waals surface area contributed by atoms with Gasteiger partial charge in [0.05, 0.1) is 12.2 Å². The molecule has 0 aliphatic carbocycles. The quantitative estimate of drug-likeness (QED) is 0.475. The summed E-state index contributed by atoms with van der Waals surface area (Å²) in [5.74, 6) is 1.94.